The fourth-order valence-electron chi connectivity index (χ4n) is 0.435. The van der Waals surface area contributed by atoms with Crippen LogP contribution in [0.15, 0.2) is 12.4 Å². The largest absolute Gasteiger partial charge is 0.256 e. The highest BCUT2D eigenvalue weighted by Crippen LogP contribution is 1.94. The molecule has 2 radical (unpaired) electrons. The van der Waals surface area contributed by atoms with Crippen LogP contribution < -0.4 is 0 Å². The van der Waals surface area contributed by atoms with Crippen molar-refractivity contribution in [1.29, 1.82) is 5.26 Å². The van der Waals surface area contributed by atoms with Crippen LogP contribution in [-0.4, -0.2) is 9.97 Å². The van der Waals surface area contributed by atoms with Gasteiger partial charge in [0, 0.05) is 19.3 Å². The predicted octanol–water partition coefficient (Wildman–Crippen LogP) is 0.407. The molecule has 1 rings (SSSR count). The van der Waals surface area contributed by atoms with E-state index in [1.54, 1.807) is 6.07 Å². The zero-order valence-electron chi connectivity index (χ0n) is 4.57. The summed E-state index contributed by atoms with van der Waals surface area (Å²) >= 11 is 0. The number of hydrogen-bond acceptors (Lipinski definition) is 3. The quantitative estimate of drug-likeness (QED) is 0.494. The Morgan fingerprint density at radius 2 is 2.11 bits per heavy atom. The van der Waals surface area contributed by atoms with Crippen molar-refractivity contribution in [1.82, 2.24) is 9.97 Å². The minimum Gasteiger partial charge on any atom is -0.256 e. The fraction of sp³-hybridized carbons (Fsp3) is 0. The van der Waals surface area contributed by atoms with Crippen molar-refractivity contribution in [3.8, 4) is 6.07 Å². The molecular weight excluding hydrogens is 114 g/mol. The molecule has 0 aliphatic carbocycles. The van der Waals surface area contributed by atoms with E-state index in [4.69, 9.17) is 12.2 Å². The molecular formula is C6H3N3. The van der Waals surface area contributed by atoms with E-state index in [0.29, 0.717) is 0 Å². The molecule has 3 heteroatoms. The zero-order valence-corrected chi connectivity index (χ0v) is 4.57. The van der Waals surface area contributed by atoms with Crippen molar-refractivity contribution in [2.45, 2.75) is 0 Å². The summed E-state index contributed by atoms with van der Waals surface area (Å²) in [6.45, 7) is 5.23. The molecule has 0 saturated heterocycles. The lowest BCUT2D eigenvalue weighted by molar-refractivity contribution is 1.13. The fourth-order valence-corrected chi connectivity index (χ4v) is 0.435. The SMILES string of the molecule is [CH]c1nccnc1C#N. The van der Waals surface area contributed by atoms with E-state index in [9.17, 15) is 0 Å². The average molecular weight is 117 g/mol. The molecule has 0 spiro atoms. The summed E-state index contributed by atoms with van der Waals surface area (Å²) in [6.07, 6.45) is 2.87. The smallest absolute Gasteiger partial charge is 0.162 e. The van der Waals surface area contributed by atoms with Crippen LogP contribution in [0.4, 0.5) is 0 Å². The summed E-state index contributed by atoms with van der Waals surface area (Å²) in [5, 5.41) is 8.29. The molecule has 0 aliphatic rings. The van der Waals surface area contributed by atoms with E-state index in [2.05, 4.69) is 9.97 Å². The van der Waals surface area contributed by atoms with Crippen molar-refractivity contribution in [3.05, 3.63) is 30.7 Å². The normalized spacial score (nSPS) is 8.44. The third-order valence-corrected chi connectivity index (χ3v) is 0.832. The van der Waals surface area contributed by atoms with Crippen molar-refractivity contribution >= 4 is 0 Å². The summed E-state index contributed by atoms with van der Waals surface area (Å²) in [5.41, 5.74) is 0.359. The van der Waals surface area contributed by atoms with E-state index in [0.717, 1.165) is 0 Å². The van der Waals surface area contributed by atoms with Gasteiger partial charge < -0.3 is 0 Å². The van der Waals surface area contributed by atoms with E-state index >= 15 is 0 Å². The van der Waals surface area contributed by atoms with E-state index in [1.807, 2.05) is 0 Å². The predicted molar refractivity (Wildman–Crippen MR) is 30.1 cm³/mol. The molecule has 3 nitrogen and oxygen atoms in total. The Kier molecular flexibility index (Phi) is 1.41. The molecule has 42 valence electrons. The molecule has 0 fully saturated rings. The highest BCUT2D eigenvalue weighted by molar-refractivity contribution is 5.26. The molecule has 0 bridgehead atoms. The maximum absolute atomic E-state index is 8.29. The minimum atomic E-state index is 0.178. The summed E-state index contributed by atoms with van der Waals surface area (Å²) < 4.78 is 0. The highest BCUT2D eigenvalue weighted by Gasteiger charge is 1.94. The molecule has 0 N–H and O–H groups in total. The molecule has 0 saturated carbocycles. The molecule has 0 atom stereocenters. The van der Waals surface area contributed by atoms with Gasteiger partial charge in [-0.15, -0.1) is 0 Å². The van der Waals surface area contributed by atoms with Gasteiger partial charge in [0.15, 0.2) is 5.69 Å². The molecule has 0 aromatic carbocycles. The van der Waals surface area contributed by atoms with Crippen LogP contribution in [0.2, 0.25) is 0 Å². The lowest BCUT2D eigenvalue weighted by Crippen LogP contribution is -1.88. The summed E-state index contributed by atoms with van der Waals surface area (Å²) in [7, 11) is 0. The maximum atomic E-state index is 8.29. The first-order chi connectivity index (χ1) is 4.34. The molecule has 9 heavy (non-hydrogen) atoms. The highest BCUT2D eigenvalue weighted by atomic mass is 14.8. The van der Waals surface area contributed by atoms with Gasteiger partial charge in [-0.25, -0.2) is 4.98 Å². The second kappa shape index (κ2) is 2.23. The van der Waals surface area contributed by atoms with Crippen LogP contribution in [0, 0.1) is 18.3 Å². The summed E-state index contributed by atoms with van der Waals surface area (Å²) in [4.78, 5) is 7.29. The third kappa shape index (κ3) is 1.03. The number of nitrogens with zero attached hydrogens (tertiary/aromatic N) is 3. The topological polar surface area (TPSA) is 49.6 Å². The minimum absolute atomic E-state index is 0.178. The summed E-state index contributed by atoms with van der Waals surface area (Å²) in [5.74, 6) is 0. The van der Waals surface area contributed by atoms with Crippen LogP contribution >= 0.6 is 0 Å². The Balaban J connectivity index is 3.20. The molecule has 0 unspecified atom stereocenters. The monoisotopic (exact) mass is 117 g/mol. The van der Waals surface area contributed by atoms with Gasteiger partial charge in [0.25, 0.3) is 0 Å². The van der Waals surface area contributed by atoms with E-state index in [-0.39, 0.29) is 11.4 Å². The first-order valence-electron chi connectivity index (χ1n) is 2.31. The van der Waals surface area contributed by atoms with Crippen LogP contribution in [0.5, 0.6) is 0 Å². The van der Waals surface area contributed by atoms with Gasteiger partial charge in [0.1, 0.15) is 6.07 Å². The van der Waals surface area contributed by atoms with E-state index in [1.165, 1.54) is 12.4 Å². The van der Waals surface area contributed by atoms with Gasteiger partial charge in [-0.05, 0) is 0 Å². The third-order valence-electron chi connectivity index (χ3n) is 0.832. The van der Waals surface area contributed by atoms with Crippen LogP contribution in [0.1, 0.15) is 11.4 Å². The van der Waals surface area contributed by atoms with Crippen LogP contribution in [-0.2, 0) is 0 Å². The Morgan fingerprint density at radius 1 is 1.44 bits per heavy atom. The van der Waals surface area contributed by atoms with Crippen LogP contribution in [0.3, 0.4) is 0 Å². The van der Waals surface area contributed by atoms with Gasteiger partial charge in [-0.3, -0.25) is 4.98 Å². The number of aromatic nitrogens is 2. The Labute approximate surface area is 53.0 Å². The zero-order chi connectivity index (χ0) is 6.69. The van der Waals surface area contributed by atoms with Crippen molar-refractivity contribution in [3.63, 3.8) is 0 Å². The van der Waals surface area contributed by atoms with Gasteiger partial charge in [0.05, 0.1) is 5.69 Å². The Hall–Kier alpha value is -1.43. The van der Waals surface area contributed by atoms with Crippen molar-refractivity contribution in [2.75, 3.05) is 0 Å². The standard InChI is InChI=1S/C6H3N3/c1-5-6(4-7)9-3-2-8-5/h1-3H. The van der Waals surface area contributed by atoms with Crippen LogP contribution in [0.25, 0.3) is 0 Å². The van der Waals surface area contributed by atoms with Crippen molar-refractivity contribution < 1.29 is 0 Å². The van der Waals surface area contributed by atoms with Gasteiger partial charge >= 0.3 is 0 Å². The summed E-state index contributed by atoms with van der Waals surface area (Å²) in [6, 6.07) is 1.80. The molecule has 0 aliphatic heterocycles. The number of hydrogen-bond donors (Lipinski definition) is 0. The van der Waals surface area contributed by atoms with Gasteiger partial charge in [-0.1, -0.05) is 0 Å². The Bertz CT molecular complexity index is 249. The molecule has 0 amide bonds. The van der Waals surface area contributed by atoms with Gasteiger partial charge in [-0.2, -0.15) is 5.26 Å². The molecule has 1 heterocycles. The number of rotatable bonds is 0. The Morgan fingerprint density at radius 3 is 2.56 bits per heavy atom. The average Bonchev–Trinajstić information content (AvgIpc) is 1.89. The second-order valence-electron chi connectivity index (χ2n) is 1.40. The van der Waals surface area contributed by atoms with Gasteiger partial charge in [0.2, 0.25) is 0 Å². The molecule has 1 aromatic rings. The first kappa shape index (κ1) is 5.70. The second-order valence-corrected chi connectivity index (χ2v) is 1.40. The van der Waals surface area contributed by atoms with E-state index < -0.39 is 0 Å². The lowest BCUT2D eigenvalue weighted by atomic mass is 10.3. The number of nitriles is 1. The molecule has 1 aromatic heterocycles. The maximum Gasteiger partial charge on any atom is 0.162 e. The lowest BCUT2D eigenvalue weighted by Gasteiger charge is -1.88. The van der Waals surface area contributed by atoms with Crippen molar-refractivity contribution in [2.24, 2.45) is 0 Å². The first-order valence-corrected chi connectivity index (χ1v) is 2.31.